The summed E-state index contributed by atoms with van der Waals surface area (Å²) in [4.78, 5) is 23.5. The van der Waals surface area contributed by atoms with Crippen molar-refractivity contribution in [2.24, 2.45) is 11.7 Å². The molecule has 1 rings (SSSR count). The first-order chi connectivity index (χ1) is 10.2. The number of carbonyl (C=O) groups excluding carboxylic acids is 2. The van der Waals surface area contributed by atoms with Crippen LogP contribution in [-0.4, -0.2) is 25.5 Å². The molecule has 2 N–H and O–H groups in total. The number of primary amides is 1. The molecule has 0 atom stereocenters. The maximum Gasteiger partial charge on any atom is 0.303 e. The number of anilines is 1. The first-order valence-corrected chi connectivity index (χ1v) is 7.00. The van der Waals surface area contributed by atoms with Crippen LogP contribution in [0.1, 0.15) is 20.8 Å². The number of carbonyl (C=O) groups is 2. The topological polar surface area (TPSA) is 72.6 Å². The van der Waals surface area contributed by atoms with Crippen molar-refractivity contribution in [1.82, 2.24) is 0 Å². The van der Waals surface area contributed by atoms with Gasteiger partial charge in [0.2, 0.25) is 5.91 Å². The zero-order valence-electron chi connectivity index (χ0n) is 13.2. The molecule has 0 aliphatic rings. The molecule has 120 valence electrons. The lowest BCUT2D eigenvalue weighted by molar-refractivity contribution is -0.119. The fraction of sp³-hybridized carbons (Fsp3) is 0.375. The number of methoxy groups -OCH3 is 1. The van der Waals surface area contributed by atoms with E-state index in [4.69, 9.17) is 28.5 Å². The molecular weight excluding hydrogens is 304 g/mol. The Bertz CT molecular complexity index is 562. The molecule has 2 amide bonds. The van der Waals surface area contributed by atoms with Crippen LogP contribution in [0.15, 0.2) is 18.2 Å². The second kappa shape index (κ2) is 9.69. The Morgan fingerprint density at radius 1 is 1.41 bits per heavy atom. The molecule has 22 heavy (non-hydrogen) atoms. The number of terminal acetylenes is 1. The molecule has 0 spiro atoms. The number of nitrogens with two attached hydrogens (primary N) is 1. The van der Waals surface area contributed by atoms with Crippen LogP contribution in [0, 0.1) is 18.3 Å². The van der Waals surface area contributed by atoms with Gasteiger partial charge in [0, 0.05) is 5.69 Å². The van der Waals surface area contributed by atoms with E-state index in [9.17, 15) is 9.59 Å². The minimum Gasteiger partial charge on any atom is -0.495 e. The molecule has 5 nitrogen and oxygen atoms in total. The third kappa shape index (κ3) is 7.00. The molecule has 0 unspecified atom stereocenters. The maximum atomic E-state index is 11.5. The van der Waals surface area contributed by atoms with E-state index in [0.717, 1.165) is 10.8 Å². The average Bonchev–Trinajstić information content (AvgIpc) is 2.43. The van der Waals surface area contributed by atoms with Crippen molar-refractivity contribution < 1.29 is 14.3 Å². The SMILES string of the molecule is C#CC(=O)N(CC(N)=O)c1ccc(OC)c(Cl)c1.CC(C)C. The number of hydrogen-bond acceptors (Lipinski definition) is 3. The highest BCUT2D eigenvalue weighted by atomic mass is 35.5. The van der Waals surface area contributed by atoms with Gasteiger partial charge in [-0.15, -0.1) is 6.42 Å². The molecular formula is C16H21ClN2O3. The summed E-state index contributed by atoms with van der Waals surface area (Å²) in [6.07, 6.45) is 5.03. The van der Waals surface area contributed by atoms with Crippen molar-refractivity contribution >= 4 is 29.1 Å². The number of nitrogens with zero attached hydrogens (tertiary/aromatic N) is 1. The summed E-state index contributed by atoms with van der Waals surface area (Å²) in [7, 11) is 1.47. The van der Waals surface area contributed by atoms with Crippen LogP contribution in [0.3, 0.4) is 0 Å². The van der Waals surface area contributed by atoms with E-state index in [2.05, 4.69) is 20.8 Å². The molecule has 0 aliphatic heterocycles. The Balaban J connectivity index is 0.000000980. The van der Waals surface area contributed by atoms with E-state index in [-0.39, 0.29) is 6.54 Å². The first-order valence-electron chi connectivity index (χ1n) is 6.62. The smallest absolute Gasteiger partial charge is 0.303 e. The lowest BCUT2D eigenvalue weighted by atomic mass is 10.2. The minimum absolute atomic E-state index is 0.300. The van der Waals surface area contributed by atoms with Crippen molar-refractivity contribution in [2.75, 3.05) is 18.6 Å². The first kappa shape index (κ1) is 19.8. The van der Waals surface area contributed by atoms with Gasteiger partial charge in [-0.25, -0.2) is 0 Å². The number of ether oxygens (including phenoxy) is 1. The van der Waals surface area contributed by atoms with Gasteiger partial charge in [0.15, 0.2) is 0 Å². The number of rotatable bonds is 4. The van der Waals surface area contributed by atoms with Gasteiger partial charge in [-0.3, -0.25) is 14.5 Å². The Hall–Kier alpha value is -2.19. The number of amides is 2. The van der Waals surface area contributed by atoms with E-state index in [1.54, 1.807) is 12.1 Å². The van der Waals surface area contributed by atoms with Gasteiger partial charge in [-0.2, -0.15) is 0 Å². The van der Waals surface area contributed by atoms with Gasteiger partial charge in [0.05, 0.1) is 12.1 Å². The predicted octanol–water partition coefficient (Wildman–Crippen LogP) is 2.46. The van der Waals surface area contributed by atoms with Crippen LogP contribution in [0.2, 0.25) is 5.02 Å². The molecule has 1 aromatic carbocycles. The molecule has 0 aliphatic carbocycles. The highest BCUT2D eigenvalue weighted by Crippen LogP contribution is 2.29. The van der Waals surface area contributed by atoms with Crippen LogP contribution in [0.5, 0.6) is 5.75 Å². The summed E-state index contributed by atoms with van der Waals surface area (Å²) in [5.74, 6) is 1.86. The summed E-state index contributed by atoms with van der Waals surface area (Å²) in [6.45, 7) is 6.19. The summed E-state index contributed by atoms with van der Waals surface area (Å²) in [5, 5.41) is 0.300. The zero-order valence-corrected chi connectivity index (χ0v) is 14.0. The molecule has 0 saturated carbocycles. The molecule has 0 bridgehead atoms. The van der Waals surface area contributed by atoms with Crippen molar-refractivity contribution in [2.45, 2.75) is 20.8 Å². The summed E-state index contributed by atoms with van der Waals surface area (Å²) < 4.78 is 4.98. The fourth-order valence-electron chi connectivity index (χ4n) is 1.34. The monoisotopic (exact) mass is 324 g/mol. The van der Waals surface area contributed by atoms with Crippen LogP contribution < -0.4 is 15.4 Å². The molecule has 6 heteroatoms. The Morgan fingerprint density at radius 2 is 1.95 bits per heavy atom. The molecule has 0 radical (unpaired) electrons. The molecule has 0 aromatic heterocycles. The molecule has 0 fully saturated rings. The molecule has 0 saturated heterocycles. The summed E-state index contributed by atoms with van der Waals surface area (Å²) in [6, 6.07) is 4.59. The van der Waals surface area contributed by atoms with Gasteiger partial charge in [0.25, 0.3) is 0 Å². The van der Waals surface area contributed by atoms with E-state index >= 15 is 0 Å². The maximum absolute atomic E-state index is 11.5. The Kier molecular flexibility index (Phi) is 8.73. The summed E-state index contributed by atoms with van der Waals surface area (Å²) >= 11 is 5.93. The quantitative estimate of drug-likeness (QED) is 0.865. The van der Waals surface area contributed by atoms with E-state index in [1.165, 1.54) is 13.2 Å². The third-order valence-corrected chi connectivity index (χ3v) is 2.42. The van der Waals surface area contributed by atoms with E-state index in [1.807, 2.05) is 5.92 Å². The number of halogens is 1. The normalized spacial score (nSPS) is 9.32. The Morgan fingerprint density at radius 3 is 2.32 bits per heavy atom. The largest absolute Gasteiger partial charge is 0.495 e. The lowest BCUT2D eigenvalue weighted by Gasteiger charge is -2.19. The van der Waals surface area contributed by atoms with Crippen molar-refractivity contribution in [3.05, 3.63) is 23.2 Å². The minimum atomic E-state index is -0.675. The van der Waals surface area contributed by atoms with E-state index in [0.29, 0.717) is 16.5 Å². The fourth-order valence-corrected chi connectivity index (χ4v) is 1.59. The number of hydrogen-bond donors (Lipinski definition) is 1. The van der Waals surface area contributed by atoms with Gasteiger partial charge >= 0.3 is 5.91 Å². The second-order valence-corrected chi connectivity index (χ2v) is 5.46. The van der Waals surface area contributed by atoms with Crippen LogP contribution >= 0.6 is 11.6 Å². The highest BCUT2D eigenvalue weighted by molar-refractivity contribution is 6.32. The van der Waals surface area contributed by atoms with E-state index < -0.39 is 11.8 Å². The van der Waals surface area contributed by atoms with Crippen molar-refractivity contribution in [3.8, 4) is 18.1 Å². The second-order valence-electron chi connectivity index (χ2n) is 5.05. The predicted molar refractivity (Wildman–Crippen MR) is 88.9 cm³/mol. The van der Waals surface area contributed by atoms with Crippen LogP contribution in [0.25, 0.3) is 0 Å². The lowest BCUT2D eigenvalue weighted by Crippen LogP contribution is -2.37. The molecule has 0 heterocycles. The standard InChI is InChI=1S/C12H11ClN2O3.C4H10/c1-3-12(17)15(7-11(14)16)8-4-5-10(18-2)9(13)6-8;1-4(2)3/h1,4-6H,7H2,2H3,(H2,14,16);4H,1-3H3. The summed E-state index contributed by atoms with van der Waals surface area (Å²) in [5.41, 5.74) is 5.44. The van der Waals surface area contributed by atoms with Gasteiger partial charge in [-0.1, -0.05) is 32.4 Å². The van der Waals surface area contributed by atoms with Crippen molar-refractivity contribution in [3.63, 3.8) is 0 Å². The Labute approximate surface area is 136 Å². The van der Waals surface area contributed by atoms with Gasteiger partial charge in [-0.05, 0) is 30.0 Å². The average molecular weight is 325 g/mol. The van der Waals surface area contributed by atoms with Gasteiger partial charge in [0.1, 0.15) is 12.3 Å². The number of benzene rings is 1. The molecule has 1 aromatic rings. The van der Waals surface area contributed by atoms with Crippen molar-refractivity contribution in [1.29, 1.82) is 0 Å². The highest BCUT2D eigenvalue weighted by Gasteiger charge is 2.17. The van der Waals surface area contributed by atoms with Crippen LogP contribution in [0.4, 0.5) is 5.69 Å². The zero-order chi connectivity index (χ0) is 17.3. The van der Waals surface area contributed by atoms with Gasteiger partial charge < -0.3 is 10.5 Å². The van der Waals surface area contributed by atoms with Crippen LogP contribution in [-0.2, 0) is 9.59 Å². The third-order valence-electron chi connectivity index (χ3n) is 2.13.